The number of hydrogen-bond acceptors (Lipinski definition) is 4. The van der Waals surface area contributed by atoms with Crippen LogP contribution >= 0.6 is 0 Å². The van der Waals surface area contributed by atoms with Crippen LogP contribution in [0.1, 0.15) is 25.3 Å². The highest BCUT2D eigenvalue weighted by molar-refractivity contribution is 5.79. The van der Waals surface area contributed by atoms with Gasteiger partial charge < -0.3 is 14.6 Å². The predicted octanol–water partition coefficient (Wildman–Crippen LogP) is 1.85. The Labute approximate surface area is 125 Å². The van der Waals surface area contributed by atoms with E-state index in [-0.39, 0.29) is 6.10 Å². The highest BCUT2D eigenvalue weighted by Crippen LogP contribution is 2.23. The van der Waals surface area contributed by atoms with Crippen LogP contribution < -0.4 is 10.1 Å². The summed E-state index contributed by atoms with van der Waals surface area (Å²) in [6.45, 7) is 3.03. The van der Waals surface area contributed by atoms with Crippen molar-refractivity contribution in [1.82, 2.24) is 5.32 Å². The third-order valence-electron chi connectivity index (χ3n) is 3.95. The number of carboxylic acids is 1. The van der Waals surface area contributed by atoms with Gasteiger partial charge in [0.1, 0.15) is 11.3 Å². The maximum Gasteiger partial charge on any atom is 0.323 e. The second-order valence-electron chi connectivity index (χ2n) is 5.64. The van der Waals surface area contributed by atoms with E-state index >= 15 is 0 Å². The average Bonchev–Trinajstić information content (AvgIpc) is 2.99. The van der Waals surface area contributed by atoms with Gasteiger partial charge in [-0.25, -0.2) is 0 Å². The molecule has 2 atom stereocenters. The number of carbonyl (C=O) groups is 1. The van der Waals surface area contributed by atoms with Gasteiger partial charge in [0, 0.05) is 19.6 Å². The Hall–Kier alpha value is -1.59. The lowest BCUT2D eigenvalue weighted by molar-refractivity contribution is -0.144. The van der Waals surface area contributed by atoms with E-state index in [0.717, 1.165) is 25.0 Å². The fourth-order valence-corrected chi connectivity index (χ4v) is 2.59. The van der Waals surface area contributed by atoms with E-state index in [1.807, 2.05) is 24.3 Å². The Morgan fingerprint density at radius 1 is 1.52 bits per heavy atom. The van der Waals surface area contributed by atoms with Crippen LogP contribution in [0.3, 0.4) is 0 Å². The third-order valence-corrected chi connectivity index (χ3v) is 3.95. The van der Waals surface area contributed by atoms with Crippen molar-refractivity contribution in [3.63, 3.8) is 0 Å². The quantitative estimate of drug-likeness (QED) is 0.803. The monoisotopic (exact) mass is 293 g/mol. The van der Waals surface area contributed by atoms with Gasteiger partial charge in [-0.15, -0.1) is 0 Å². The first-order valence-corrected chi connectivity index (χ1v) is 7.27. The molecule has 0 aliphatic carbocycles. The number of aliphatic carboxylic acids is 1. The van der Waals surface area contributed by atoms with Crippen LogP contribution in [-0.2, 0) is 16.0 Å². The summed E-state index contributed by atoms with van der Waals surface area (Å²) in [5.41, 5.74) is -0.162. The Kier molecular flexibility index (Phi) is 5.20. The summed E-state index contributed by atoms with van der Waals surface area (Å²) in [4.78, 5) is 11.7. The number of carboxylic acid groups (broad SMARTS) is 1. The number of hydrogen-bond donors (Lipinski definition) is 2. The lowest BCUT2D eigenvalue weighted by Gasteiger charge is -2.28. The number of rotatable bonds is 7. The smallest absolute Gasteiger partial charge is 0.323 e. The summed E-state index contributed by atoms with van der Waals surface area (Å²) in [5.74, 6) is -0.157. The molecule has 0 bridgehead atoms. The number of methoxy groups -OCH3 is 1. The summed E-state index contributed by atoms with van der Waals surface area (Å²) in [6, 6.07) is 7.51. The van der Waals surface area contributed by atoms with Crippen LogP contribution in [0, 0.1) is 0 Å². The summed E-state index contributed by atoms with van der Waals surface area (Å²) in [7, 11) is 1.59. The minimum absolute atomic E-state index is 0.112. The molecule has 0 spiro atoms. The zero-order chi connectivity index (χ0) is 15.3. The molecule has 0 aromatic heterocycles. The first kappa shape index (κ1) is 15.8. The molecule has 2 N–H and O–H groups in total. The lowest BCUT2D eigenvalue weighted by Crippen LogP contribution is -2.53. The van der Waals surface area contributed by atoms with Crippen molar-refractivity contribution >= 4 is 5.97 Å². The van der Waals surface area contributed by atoms with Crippen LogP contribution in [0.4, 0.5) is 0 Å². The molecule has 5 heteroatoms. The van der Waals surface area contributed by atoms with Crippen LogP contribution in [0.2, 0.25) is 0 Å². The van der Waals surface area contributed by atoms with E-state index in [9.17, 15) is 9.90 Å². The molecule has 1 aromatic carbocycles. The molecule has 1 aliphatic rings. The fourth-order valence-electron chi connectivity index (χ4n) is 2.59. The standard InChI is InChI=1S/C16H23NO4/c1-16(15(18)19,17-11-13-7-5-9-21-13)10-12-6-3-4-8-14(12)20-2/h3-4,6,8,13,17H,5,7,9-11H2,1-2H3,(H,18,19). The van der Waals surface area contributed by atoms with E-state index in [4.69, 9.17) is 9.47 Å². The van der Waals surface area contributed by atoms with Gasteiger partial charge in [-0.05, 0) is 31.4 Å². The second kappa shape index (κ2) is 6.91. The average molecular weight is 293 g/mol. The van der Waals surface area contributed by atoms with Crippen molar-refractivity contribution in [2.45, 2.75) is 37.8 Å². The predicted molar refractivity (Wildman–Crippen MR) is 79.7 cm³/mol. The van der Waals surface area contributed by atoms with Gasteiger partial charge in [0.2, 0.25) is 0 Å². The van der Waals surface area contributed by atoms with Gasteiger partial charge in [0.25, 0.3) is 0 Å². The summed E-state index contributed by atoms with van der Waals surface area (Å²) in [6.07, 6.45) is 2.50. The topological polar surface area (TPSA) is 67.8 Å². The molecule has 0 amide bonds. The van der Waals surface area contributed by atoms with Gasteiger partial charge in [0.15, 0.2) is 0 Å². The number of para-hydroxylation sites is 1. The van der Waals surface area contributed by atoms with Crippen molar-refractivity contribution in [3.8, 4) is 5.75 Å². The molecular formula is C16H23NO4. The van der Waals surface area contributed by atoms with Crippen molar-refractivity contribution in [1.29, 1.82) is 0 Å². The lowest BCUT2D eigenvalue weighted by atomic mass is 9.92. The van der Waals surface area contributed by atoms with Crippen molar-refractivity contribution in [2.75, 3.05) is 20.3 Å². The minimum atomic E-state index is -1.04. The Bertz CT molecular complexity index is 485. The Balaban J connectivity index is 2.07. The molecule has 5 nitrogen and oxygen atoms in total. The van der Waals surface area contributed by atoms with Crippen molar-refractivity contribution < 1.29 is 19.4 Å². The zero-order valence-corrected chi connectivity index (χ0v) is 12.6. The highest BCUT2D eigenvalue weighted by atomic mass is 16.5. The minimum Gasteiger partial charge on any atom is -0.496 e. The van der Waals surface area contributed by atoms with E-state index in [1.54, 1.807) is 14.0 Å². The second-order valence-corrected chi connectivity index (χ2v) is 5.64. The van der Waals surface area contributed by atoms with Gasteiger partial charge in [-0.2, -0.15) is 0 Å². The molecule has 0 saturated carbocycles. The fraction of sp³-hybridized carbons (Fsp3) is 0.562. The van der Waals surface area contributed by atoms with Crippen LogP contribution in [0.15, 0.2) is 24.3 Å². The van der Waals surface area contributed by atoms with E-state index in [2.05, 4.69) is 5.32 Å². The van der Waals surface area contributed by atoms with E-state index in [1.165, 1.54) is 0 Å². The molecule has 1 heterocycles. The normalized spacial score (nSPS) is 21.0. The SMILES string of the molecule is COc1ccccc1CC(C)(NCC1CCCO1)C(=O)O. The van der Waals surface area contributed by atoms with Crippen molar-refractivity contribution in [3.05, 3.63) is 29.8 Å². The first-order chi connectivity index (χ1) is 10.0. The molecule has 0 radical (unpaired) electrons. The van der Waals surface area contributed by atoms with Gasteiger partial charge in [-0.3, -0.25) is 10.1 Å². The zero-order valence-electron chi connectivity index (χ0n) is 12.6. The molecule has 1 aromatic rings. The van der Waals surface area contributed by atoms with Crippen LogP contribution in [0.25, 0.3) is 0 Å². The van der Waals surface area contributed by atoms with Crippen LogP contribution in [0.5, 0.6) is 5.75 Å². The molecule has 1 aliphatic heterocycles. The van der Waals surface area contributed by atoms with Crippen LogP contribution in [-0.4, -0.2) is 43.0 Å². The summed E-state index contributed by atoms with van der Waals surface area (Å²) >= 11 is 0. The van der Waals surface area contributed by atoms with Gasteiger partial charge in [-0.1, -0.05) is 18.2 Å². The number of ether oxygens (including phenoxy) is 2. The molecule has 21 heavy (non-hydrogen) atoms. The highest BCUT2D eigenvalue weighted by Gasteiger charge is 2.34. The molecular weight excluding hydrogens is 270 g/mol. The number of nitrogens with one attached hydrogen (secondary N) is 1. The molecule has 2 unspecified atom stereocenters. The van der Waals surface area contributed by atoms with E-state index in [0.29, 0.717) is 18.7 Å². The molecule has 116 valence electrons. The van der Waals surface area contributed by atoms with Crippen molar-refractivity contribution in [2.24, 2.45) is 0 Å². The maximum atomic E-state index is 11.7. The molecule has 2 rings (SSSR count). The van der Waals surface area contributed by atoms with E-state index < -0.39 is 11.5 Å². The summed E-state index contributed by atoms with van der Waals surface area (Å²) in [5, 5.41) is 12.7. The largest absolute Gasteiger partial charge is 0.496 e. The maximum absolute atomic E-state index is 11.7. The van der Waals surface area contributed by atoms with Gasteiger partial charge in [0.05, 0.1) is 13.2 Å². The molecule has 1 saturated heterocycles. The number of benzene rings is 1. The summed E-state index contributed by atoms with van der Waals surface area (Å²) < 4.78 is 10.8. The molecule has 1 fully saturated rings. The third kappa shape index (κ3) is 3.95. The van der Waals surface area contributed by atoms with Gasteiger partial charge >= 0.3 is 5.97 Å². The Morgan fingerprint density at radius 2 is 2.29 bits per heavy atom. The first-order valence-electron chi connectivity index (χ1n) is 7.27. The Morgan fingerprint density at radius 3 is 2.90 bits per heavy atom.